The van der Waals surface area contributed by atoms with Crippen LogP contribution in [0.15, 0.2) is 30.3 Å². The van der Waals surface area contributed by atoms with Crippen molar-refractivity contribution >= 4 is 17.7 Å². The summed E-state index contributed by atoms with van der Waals surface area (Å²) in [6.07, 6.45) is 3.80. The minimum atomic E-state index is -1.09. The maximum atomic E-state index is 12.4. The quantitative estimate of drug-likeness (QED) is 0.932. The first-order chi connectivity index (χ1) is 10.2. The van der Waals surface area contributed by atoms with Gasteiger partial charge < -0.3 is 10.0 Å². The van der Waals surface area contributed by atoms with Crippen molar-refractivity contribution in [3.63, 3.8) is 0 Å². The van der Waals surface area contributed by atoms with E-state index >= 15 is 0 Å². The van der Waals surface area contributed by atoms with Gasteiger partial charge in [0.25, 0.3) is 5.91 Å². The minimum Gasteiger partial charge on any atom is -0.379 e. The molecule has 1 amide bonds. The number of thioether (sulfide) groups is 1. The van der Waals surface area contributed by atoms with Gasteiger partial charge in [0, 0.05) is 18.8 Å². The molecule has 4 heteroatoms. The fraction of sp³-hybridized carbons (Fsp3) is 0.588. The minimum absolute atomic E-state index is 0.0364. The van der Waals surface area contributed by atoms with Gasteiger partial charge in [-0.1, -0.05) is 30.3 Å². The molecule has 1 aromatic rings. The molecule has 0 bridgehead atoms. The summed E-state index contributed by atoms with van der Waals surface area (Å²) in [7, 11) is 0. The number of benzene rings is 1. The number of hydrogen-bond acceptors (Lipinski definition) is 3. The van der Waals surface area contributed by atoms with Crippen LogP contribution in [0.5, 0.6) is 0 Å². The van der Waals surface area contributed by atoms with E-state index in [4.69, 9.17) is 0 Å². The third-order valence-electron chi connectivity index (χ3n) is 4.67. The first kappa shape index (κ1) is 14.9. The summed E-state index contributed by atoms with van der Waals surface area (Å²) in [6.45, 7) is 1.59. The first-order valence-electron chi connectivity index (χ1n) is 7.81. The normalized spacial score (nSPS) is 27.0. The molecule has 114 valence electrons. The topological polar surface area (TPSA) is 40.5 Å². The zero-order valence-electron chi connectivity index (χ0n) is 12.3. The van der Waals surface area contributed by atoms with Gasteiger partial charge in [-0.15, -0.1) is 0 Å². The van der Waals surface area contributed by atoms with Crippen LogP contribution in [-0.4, -0.2) is 46.1 Å². The van der Waals surface area contributed by atoms with E-state index in [-0.39, 0.29) is 5.91 Å². The molecule has 0 aromatic heterocycles. The van der Waals surface area contributed by atoms with Crippen LogP contribution in [0.4, 0.5) is 0 Å². The lowest BCUT2D eigenvalue weighted by molar-refractivity contribution is -0.150. The van der Waals surface area contributed by atoms with Crippen molar-refractivity contribution in [3.8, 4) is 0 Å². The van der Waals surface area contributed by atoms with Crippen molar-refractivity contribution in [2.75, 3.05) is 24.6 Å². The van der Waals surface area contributed by atoms with Crippen LogP contribution in [-0.2, 0) is 11.2 Å². The molecule has 1 unspecified atom stereocenters. The van der Waals surface area contributed by atoms with Crippen molar-refractivity contribution < 1.29 is 9.90 Å². The summed E-state index contributed by atoms with van der Waals surface area (Å²) in [5.74, 6) is 2.08. The Hall–Kier alpha value is -1.00. The number of likely N-dealkylation sites (tertiary alicyclic amines) is 1. The molecule has 3 rings (SSSR count). The number of carbonyl (C=O) groups is 1. The standard InChI is InChI=1S/C17H23NO2S/c19-16(17(20)8-11-21-13-17)18-9-6-15(7-10-18)12-14-4-2-1-3-5-14/h1-5,15,20H,6-13H2. The fourth-order valence-electron chi connectivity index (χ4n) is 3.30. The molecule has 1 atom stereocenters. The molecular formula is C17H23NO2S. The van der Waals surface area contributed by atoms with Crippen LogP contribution in [0.3, 0.4) is 0 Å². The van der Waals surface area contributed by atoms with Gasteiger partial charge in [-0.05, 0) is 42.9 Å². The van der Waals surface area contributed by atoms with Crippen molar-refractivity contribution in [2.45, 2.75) is 31.3 Å². The maximum Gasteiger partial charge on any atom is 0.255 e. The van der Waals surface area contributed by atoms with E-state index in [0.29, 0.717) is 18.1 Å². The van der Waals surface area contributed by atoms with Crippen LogP contribution >= 0.6 is 11.8 Å². The van der Waals surface area contributed by atoms with E-state index in [9.17, 15) is 9.90 Å². The molecule has 2 saturated heterocycles. The summed E-state index contributed by atoms with van der Waals surface area (Å²) in [5.41, 5.74) is 0.296. The fourth-order valence-corrected chi connectivity index (χ4v) is 4.54. The van der Waals surface area contributed by atoms with Crippen LogP contribution in [0.1, 0.15) is 24.8 Å². The smallest absolute Gasteiger partial charge is 0.255 e. The summed E-state index contributed by atoms with van der Waals surface area (Å²) < 4.78 is 0. The molecule has 2 aliphatic rings. The van der Waals surface area contributed by atoms with E-state index < -0.39 is 5.60 Å². The number of hydrogen-bond donors (Lipinski definition) is 1. The third kappa shape index (κ3) is 3.43. The van der Waals surface area contributed by atoms with Gasteiger partial charge >= 0.3 is 0 Å². The Kier molecular flexibility index (Phi) is 4.55. The highest BCUT2D eigenvalue weighted by molar-refractivity contribution is 7.99. The van der Waals surface area contributed by atoms with Crippen molar-refractivity contribution in [1.82, 2.24) is 4.90 Å². The van der Waals surface area contributed by atoms with Gasteiger partial charge in [-0.25, -0.2) is 0 Å². The van der Waals surface area contributed by atoms with E-state index in [1.54, 1.807) is 11.8 Å². The number of amides is 1. The Labute approximate surface area is 130 Å². The monoisotopic (exact) mass is 305 g/mol. The molecular weight excluding hydrogens is 282 g/mol. The van der Waals surface area contributed by atoms with E-state index in [1.165, 1.54) is 5.56 Å². The summed E-state index contributed by atoms with van der Waals surface area (Å²) >= 11 is 1.68. The molecule has 1 N–H and O–H groups in total. The van der Waals surface area contributed by atoms with E-state index in [2.05, 4.69) is 24.3 Å². The van der Waals surface area contributed by atoms with Crippen LogP contribution < -0.4 is 0 Å². The predicted octanol–water partition coefficient (Wildman–Crippen LogP) is 2.34. The number of piperidine rings is 1. The van der Waals surface area contributed by atoms with Crippen molar-refractivity contribution in [2.24, 2.45) is 5.92 Å². The van der Waals surface area contributed by atoms with E-state index in [1.807, 2.05) is 11.0 Å². The Bertz CT molecular complexity index is 477. The summed E-state index contributed by atoms with van der Waals surface area (Å²) in [6, 6.07) is 10.6. The highest BCUT2D eigenvalue weighted by Gasteiger charge is 2.42. The second-order valence-corrected chi connectivity index (χ2v) is 7.36. The maximum absolute atomic E-state index is 12.4. The lowest BCUT2D eigenvalue weighted by Crippen LogP contribution is -2.51. The zero-order chi connectivity index (χ0) is 14.7. The van der Waals surface area contributed by atoms with Crippen LogP contribution in [0.2, 0.25) is 0 Å². The lowest BCUT2D eigenvalue weighted by atomic mass is 9.89. The molecule has 0 spiro atoms. The van der Waals surface area contributed by atoms with E-state index in [0.717, 1.165) is 38.1 Å². The number of carbonyl (C=O) groups excluding carboxylic acids is 1. The predicted molar refractivity (Wildman–Crippen MR) is 86.3 cm³/mol. The SMILES string of the molecule is O=C(N1CCC(Cc2ccccc2)CC1)C1(O)CCSC1. The number of nitrogens with zero attached hydrogens (tertiary/aromatic N) is 1. The Morgan fingerprint density at radius 3 is 2.62 bits per heavy atom. The molecule has 3 nitrogen and oxygen atoms in total. The Balaban J connectivity index is 1.52. The second kappa shape index (κ2) is 6.41. The average Bonchev–Trinajstić information content (AvgIpc) is 2.96. The molecule has 0 radical (unpaired) electrons. The highest BCUT2D eigenvalue weighted by Crippen LogP contribution is 2.31. The molecule has 2 heterocycles. The summed E-state index contributed by atoms with van der Waals surface area (Å²) in [4.78, 5) is 14.3. The number of rotatable bonds is 3. The van der Waals surface area contributed by atoms with Gasteiger partial charge in [-0.2, -0.15) is 11.8 Å². The molecule has 0 saturated carbocycles. The van der Waals surface area contributed by atoms with Gasteiger partial charge in [0.05, 0.1) is 0 Å². The molecule has 21 heavy (non-hydrogen) atoms. The molecule has 1 aromatic carbocycles. The first-order valence-corrected chi connectivity index (χ1v) is 8.96. The lowest BCUT2D eigenvalue weighted by Gasteiger charge is -2.36. The van der Waals surface area contributed by atoms with Crippen molar-refractivity contribution in [1.29, 1.82) is 0 Å². The van der Waals surface area contributed by atoms with Gasteiger partial charge in [-0.3, -0.25) is 4.79 Å². The average molecular weight is 305 g/mol. The Morgan fingerprint density at radius 1 is 1.29 bits per heavy atom. The largest absolute Gasteiger partial charge is 0.379 e. The number of aliphatic hydroxyl groups is 1. The highest BCUT2D eigenvalue weighted by atomic mass is 32.2. The summed E-state index contributed by atoms with van der Waals surface area (Å²) in [5, 5.41) is 10.4. The van der Waals surface area contributed by atoms with Gasteiger partial charge in [0.1, 0.15) is 0 Å². The second-order valence-electron chi connectivity index (χ2n) is 6.26. The molecule has 0 aliphatic carbocycles. The molecule has 2 aliphatic heterocycles. The Morgan fingerprint density at radius 2 is 2.00 bits per heavy atom. The van der Waals surface area contributed by atoms with Crippen LogP contribution in [0, 0.1) is 5.92 Å². The van der Waals surface area contributed by atoms with Gasteiger partial charge in [0.2, 0.25) is 0 Å². The van der Waals surface area contributed by atoms with Crippen LogP contribution in [0.25, 0.3) is 0 Å². The zero-order valence-corrected chi connectivity index (χ0v) is 13.1. The van der Waals surface area contributed by atoms with Crippen molar-refractivity contribution in [3.05, 3.63) is 35.9 Å². The van der Waals surface area contributed by atoms with Gasteiger partial charge in [0.15, 0.2) is 5.60 Å². The molecule has 2 fully saturated rings. The third-order valence-corrected chi connectivity index (χ3v) is 5.84.